The van der Waals surface area contributed by atoms with E-state index >= 15 is 0 Å². The molecule has 0 aromatic carbocycles. The van der Waals surface area contributed by atoms with Crippen LogP contribution < -0.4 is 0 Å². The first-order valence-corrected chi connectivity index (χ1v) is 3.67. The molecule has 0 spiro atoms. The van der Waals surface area contributed by atoms with Crippen molar-refractivity contribution in [2.45, 2.75) is 32.6 Å². The summed E-state index contributed by atoms with van der Waals surface area (Å²) in [5.74, 6) is 0. The van der Waals surface area contributed by atoms with Gasteiger partial charge in [0.15, 0.2) is 0 Å². The molecule has 0 unspecified atom stereocenters. The van der Waals surface area contributed by atoms with Crippen LogP contribution in [-0.4, -0.2) is 11.7 Å². The fourth-order valence-corrected chi connectivity index (χ4v) is 0.632. The highest BCUT2D eigenvalue weighted by atomic mass is 16.2. The zero-order chi connectivity index (χ0) is 6.95. The van der Waals surface area contributed by atoms with Crippen LogP contribution in [0.1, 0.15) is 34.0 Å². The second-order valence-electron chi connectivity index (χ2n) is 2.13. The number of unbranched alkanes of at least 4 members (excludes halogenated alkanes) is 2. The molecule has 0 saturated carbocycles. The van der Waals surface area contributed by atoms with Gasteiger partial charge in [-0.2, -0.15) is 0 Å². The van der Waals surface area contributed by atoms with Gasteiger partial charge < -0.3 is 5.11 Å². The van der Waals surface area contributed by atoms with E-state index in [1.807, 2.05) is 6.08 Å². The van der Waals surface area contributed by atoms with Crippen molar-refractivity contribution in [3.8, 4) is 0 Å². The van der Waals surface area contributed by atoms with Gasteiger partial charge in [0.2, 0.25) is 0 Å². The zero-order valence-corrected chi connectivity index (χ0v) is 6.14. The molecule has 54 valence electrons. The summed E-state index contributed by atoms with van der Waals surface area (Å²) in [4.78, 5) is 0. The minimum absolute atomic E-state index is 0. The number of aliphatic hydroxyl groups is 1. The van der Waals surface area contributed by atoms with Gasteiger partial charge in [0.05, 0.1) is 0 Å². The summed E-state index contributed by atoms with van der Waals surface area (Å²) in [6, 6.07) is 0. The number of allylic oxidation sites excluding steroid dienone is 1. The van der Waals surface area contributed by atoms with Crippen molar-refractivity contribution < 1.29 is 6.53 Å². The fourth-order valence-electron chi connectivity index (χ4n) is 0.632. The number of rotatable bonds is 5. The highest BCUT2D eigenvalue weighted by Crippen LogP contribution is 1.95. The molecule has 0 aromatic rings. The Morgan fingerprint density at radius 3 is 2.56 bits per heavy atom. The van der Waals surface area contributed by atoms with Crippen LogP contribution in [0.15, 0.2) is 12.2 Å². The van der Waals surface area contributed by atoms with E-state index in [0.29, 0.717) is 0 Å². The average Bonchev–Trinajstić information content (AvgIpc) is 1.89. The lowest BCUT2D eigenvalue weighted by Crippen LogP contribution is -1.75. The van der Waals surface area contributed by atoms with Crippen molar-refractivity contribution in [1.82, 2.24) is 0 Å². The lowest BCUT2D eigenvalue weighted by atomic mass is 10.2. The van der Waals surface area contributed by atoms with Crippen molar-refractivity contribution >= 4 is 0 Å². The van der Waals surface area contributed by atoms with E-state index in [0.717, 1.165) is 12.8 Å². The van der Waals surface area contributed by atoms with Gasteiger partial charge in [-0.15, -0.1) is 0 Å². The predicted molar refractivity (Wildman–Crippen MR) is 41.5 cm³/mol. The maximum Gasteiger partial charge on any atom is 1.00 e. The van der Waals surface area contributed by atoms with Gasteiger partial charge >= 0.3 is 1.43 Å². The summed E-state index contributed by atoms with van der Waals surface area (Å²) in [6.45, 7) is 2.46. The SMILES string of the molecule is CCCCC=CCCO.[H+]. The summed E-state index contributed by atoms with van der Waals surface area (Å²) in [6.07, 6.45) is 8.67. The maximum absolute atomic E-state index is 8.37. The van der Waals surface area contributed by atoms with Gasteiger partial charge in [0, 0.05) is 6.61 Å². The molecule has 0 heterocycles. The zero-order valence-electron chi connectivity index (χ0n) is 7.14. The predicted octanol–water partition coefficient (Wildman–Crippen LogP) is 2.23. The van der Waals surface area contributed by atoms with Crippen molar-refractivity contribution in [1.29, 1.82) is 0 Å². The molecule has 1 N–H and O–H groups in total. The quantitative estimate of drug-likeness (QED) is 0.446. The third-order valence-electron chi connectivity index (χ3n) is 1.19. The molecule has 1 heteroatoms. The number of hydrogen-bond donors (Lipinski definition) is 1. The molecule has 0 rings (SSSR count). The summed E-state index contributed by atoms with van der Waals surface area (Å²) in [7, 11) is 0. The monoisotopic (exact) mass is 129 g/mol. The largest absolute Gasteiger partial charge is 1.00 e. The summed E-state index contributed by atoms with van der Waals surface area (Å²) < 4.78 is 0. The van der Waals surface area contributed by atoms with E-state index in [1.165, 1.54) is 12.8 Å². The van der Waals surface area contributed by atoms with E-state index in [4.69, 9.17) is 5.11 Å². The second-order valence-corrected chi connectivity index (χ2v) is 2.13. The van der Waals surface area contributed by atoms with Crippen molar-refractivity contribution in [3.05, 3.63) is 12.2 Å². The molecule has 0 saturated heterocycles. The minimum atomic E-state index is 0. The van der Waals surface area contributed by atoms with Gasteiger partial charge in [0.25, 0.3) is 0 Å². The molecular formula is C8H17O+. The van der Waals surface area contributed by atoms with E-state index in [-0.39, 0.29) is 8.03 Å². The summed E-state index contributed by atoms with van der Waals surface area (Å²) in [5.41, 5.74) is 0. The molecule has 0 bridgehead atoms. The second kappa shape index (κ2) is 7.70. The molecule has 0 amide bonds. The topological polar surface area (TPSA) is 20.2 Å². The first-order valence-electron chi connectivity index (χ1n) is 3.67. The normalized spacial score (nSPS) is 10.9. The molecule has 0 aromatic heterocycles. The van der Waals surface area contributed by atoms with E-state index in [2.05, 4.69) is 13.0 Å². The Bertz CT molecular complexity index is 71.7. The van der Waals surface area contributed by atoms with Gasteiger partial charge in [0.1, 0.15) is 0 Å². The van der Waals surface area contributed by atoms with E-state index < -0.39 is 0 Å². The highest BCUT2D eigenvalue weighted by Gasteiger charge is 1.76. The van der Waals surface area contributed by atoms with Crippen LogP contribution in [0.2, 0.25) is 0 Å². The van der Waals surface area contributed by atoms with Crippen LogP contribution >= 0.6 is 0 Å². The third-order valence-corrected chi connectivity index (χ3v) is 1.19. The van der Waals surface area contributed by atoms with Crippen LogP contribution in [0.3, 0.4) is 0 Å². The molecular weight excluding hydrogens is 112 g/mol. The Kier molecular flexibility index (Phi) is 7.44. The van der Waals surface area contributed by atoms with Gasteiger partial charge in [-0.05, 0) is 12.8 Å². The lowest BCUT2D eigenvalue weighted by molar-refractivity contribution is 0.302. The standard InChI is InChI=1S/C8H16O/c1-2-3-4-5-6-7-8-9/h5-6,9H,2-4,7-8H2,1H3/p+1. The molecule has 9 heavy (non-hydrogen) atoms. The highest BCUT2D eigenvalue weighted by molar-refractivity contribution is 4.80. The van der Waals surface area contributed by atoms with Gasteiger partial charge in [-0.25, -0.2) is 0 Å². The molecule has 0 fully saturated rings. The van der Waals surface area contributed by atoms with Crippen LogP contribution in [0.25, 0.3) is 0 Å². The Balaban J connectivity index is 0. The summed E-state index contributed by atoms with van der Waals surface area (Å²) >= 11 is 0. The first-order chi connectivity index (χ1) is 4.41. The smallest absolute Gasteiger partial charge is 0.396 e. The Labute approximate surface area is 58.9 Å². The molecule has 0 aliphatic carbocycles. The van der Waals surface area contributed by atoms with Crippen LogP contribution in [-0.2, 0) is 0 Å². The molecule has 0 atom stereocenters. The number of aliphatic hydroxyl groups excluding tert-OH is 1. The Hall–Kier alpha value is -0.300. The van der Waals surface area contributed by atoms with Crippen LogP contribution in [0.4, 0.5) is 0 Å². The average molecular weight is 129 g/mol. The Morgan fingerprint density at radius 2 is 2.00 bits per heavy atom. The van der Waals surface area contributed by atoms with Gasteiger partial charge in [-0.1, -0.05) is 31.9 Å². The minimum Gasteiger partial charge on any atom is -0.396 e. The van der Waals surface area contributed by atoms with Gasteiger partial charge in [-0.3, -0.25) is 0 Å². The van der Waals surface area contributed by atoms with Crippen molar-refractivity contribution in [3.63, 3.8) is 0 Å². The van der Waals surface area contributed by atoms with Crippen molar-refractivity contribution in [2.24, 2.45) is 0 Å². The van der Waals surface area contributed by atoms with E-state index in [1.54, 1.807) is 0 Å². The molecule has 0 aliphatic rings. The number of hydrogen-bond acceptors (Lipinski definition) is 1. The molecule has 0 aliphatic heterocycles. The molecule has 1 nitrogen and oxygen atoms in total. The fraction of sp³-hybridized carbons (Fsp3) is 0.750. The lowest BCUT2D eigenvalue weighted by Gasteiger charge is -1.87. The van der Waals surface area contributed by atoms with Crippen molar-refractivity contribution in [2.75, 3.05) is 6.61 Å². The first kappa shape index (κ1) is 8.70. The summed E-state index contributed by atoms with van der Waals surface area (Å²) in [5, 5.41) is 8.37. The van der Waals surface area contributed by atoms with Crippen LogP contribution in [0, 0.1) is 0 Å². The maximum atomic E-state index is 8.37. The third kappa shape index (κ3) is 7.70. The van der Waals surface area contributed by atoms with Crippen LogP contribution in [0.5, 0.6) is 0 Å². The molecule has 0 radical (unpaired) electrons. The van der Waals surface area contributed by atoms with E-state index in [9.17, 15) is 0 Å². The Morgan fingerprint density at radius 1 is 1.33 bits per heavy atom.